The second-order valence-corrected chi connectivity index (χ2v) is 6.92. The van der Waals surface area contributed by atoms with Gasteiger partial charge in [0.15, 0.2) is 11.5 Å². The van der Waals surface area contributed by atoms with Crippen LogP contribution in [0.4, 0.5) is 18.9 Å². The highest BCUT2D eigenvalue weighted by Crippen LogP contribution is 2.38. The van der Waals surface area contributed by atoms with Gasteiger partial charge in [-0.3, -0.25) is 10.1 Å². The van der Waals surface area contributed by atoms with E-state index in [9.17, 15) is 28.5 Å². The van der Waals surface area contributed by atoms with Crippen LogP contribution in [0.1, 0.15) is 16.1 Å². The maximum atomic E-state index is 12.9. The van der Waals surface area contributed by atoms with Crippen molar-refractivity contribution in [2.24, 2.45) is 0 Å². The van der Waals surface area contributed by atoms with Crippen molar-refractivity contribution in [3.63, 3.8) is 0 Å². The van der Waals surface area contributed by atoms with Crippen LogP contribution in [0.15, 0.2) is 30.3 Å². The molecule has 0 saturated carbocycles. The van der Waals surface area contributed by atoms with Gasteiger partial charge in [-0.1, -0.05) is 0 Å². The lowest BCUT2D eigenvalue weighted by atomic mass is 10.1. The Morgan fingerprint density at radius 3 is 2.47 bits per heavy atom. The van der Waals surface area contributed by atoms with Gasteiger partial charge in [0, 0.05) is 0 Å². The number of ether oxygens (including phenoxy) is 2. The number of alkyl halides is 3. The molecule has 3 aromatic rings. The summed E-state index contributed by atoms with van der Waals surface area (Å²) in [6, 6.07) is 7.49. The van der Waals surface area contributed by atoms with Crippen molar-refractivity contribution in [1.29, 1.82) is 5.26 Å². The Morgan fingerprint density at radius 1 is 1.23 bits per heavy atom. The lowest BCUT2D eigenvalue weighted by molar-refractivity contribution is -0.385. The largest absolute Gasteiger partial charge is 0.493 e. The SMILES string of the molecule is COc1cc(/C=C(\C#N)c2nc3cc(C(F)(F)F)ccc3s2)c([N+](=O)[O-])cc1OC. The first-order chi connectivity index (χ1) is 14.2. The van der Waals surface area contributed by atoms with E-state index in [-0.39, 0.29) is 38.8 Å². The number of nitro benzene ring substituents is 1. The van der Waals surface area contributed by atoms with E-state index in [0.29, 0.717) is 4.70 Å². The second-order valence-electron chi connectivity index (χ2n) is 5.89. The van der Waals surface area contributed by atoms with Crippen molar-refractivity contribution >= 4 is 38.9 Å². The Bertz CT molecular complexity index is 1210. The van der Waals surface area contributed by atoms with Gasteiger partial charge in [-0.2, -0.15) is 18.4 Å². The van der Waals surface area contributed by atoms with Crippen molar-refractivity contribution in [2.45, 2.75) is 6.18 Å². The number of nitro groups is 1. The normalized spacial score (nSPS) is 11.9. The number of nitriles is 1. The molecule has 0 spiro atoms. The fourth-order valence-electron chi connectivity index (χ4n) is 2.67. The first-order valence-electron chi connectivity index (χ1n) is 8.18. The van der Waals surface area contributed by atoms with Crippen LogP contribution in [0.2, 0.25) is 0 Å². The van der Waals surface area contributed by atoms with E-state index >= 15 is 0 Å². The summed E-state index contributed by atoms with van der Waals surface area (Å²) in [4.78, 5) is 14.9. The molecule has 154 valence electrons. The monoisotopic (exact) mass is 435 g/mol. The van der Waals surface area contributed by atoms with Crippen LogP contribution in [0.25, 0.3) is 21.9 Å². The lowest BCUT2D eigenvalue weighted by Gasteiger charge is -2.09. The summed E-state index contributed by atoms with van der Waals surface area (Å²) >= 11 is 1.01. The quantitative estimate of drug-likeness (QED) is 0.306. The van der Waals surface area contributed by atoms with Crippen LogP contribution in [-0.4, -0.2) is 24.1 Å². The highest BCUT2D eigenvalue weighted by atomic mass is 32.1. The summed E-state index contributed by atoms with van der Waals surface area (Å²) in [5.41, 5.74) is -1.09. The number of halogens is 3. The van der Waals surface area contributed by atoms with Crippen molar-refractivity contribution in [2.75, 3.05) is 14.2 Å². The highest BCUT2D eigenvalue weighted by molar-refractivity contribution is 7.19. The van der Waals surface area contributed by atoms with Gasteiger partial charge in [-0.15, -0.1) is 11.3 Å². The van der Waals surface area contributed by atoms with Gasteiger partial charge in [0.05, 0.1) is 52.1 Å². The molecular weight excluding hydrogens is 423 g/mol. The minimum Gasteiger partial charge on any atom is -0.493 e. The van der Waals surface area contributed by atoms with Crippen LogP contribution >= 0.6 is 11.3 Å². The van der Waals surface area contributed by atoms with E-state index in [0.717, 1.165) is 29.5 Å². The molecule has 0 aliphatic rings. The number of benzene rings is 2. The van der Waals surface area contributed by atoms with Crippen molar-refractivity contribution in [3.05, 3.63) is 56.6 Å². The fraction of sp³-hybridized carbons (Fsp3) is 0.158. The summed E-state index contributed by atoms with van der Waals surface area (Å²) in [5.74, 6) is 0.352. The third kappa shape index (κ3) is 4.04. The maximum Gasteiger partial charge on any atom is 0.416 e. The molecule has 0 atom stereocenters. The zero-order valence-corrected chi connectivity index (χ0v) is 16.3. The number of nitrogens with zero attached hydrogens (tertiary/aromatic N) is 3. The Hall–Kier alpha value is -3.65. The number of rotatable bonds is 5. The average molecular weight is 435 g/mol. The molecule has 1 aromatic heterocycles. The van der Waals surface area contributed by atoms with Gasteiger partial charge >= 0.3 is 6.18 Å². The molecule has 2 aromatic carbocycles. The van der Waals surface area contributed by atoms with E-state index in [4.69, 9.17) is 9.47 Å². The predicted molar refractivity (Wildman–Crippen MR) is 104 cm³/mol. The van der Waals surface area contributed by atoms with Gasteiger partial charge in [0.1, 0.15) is 11.1 Å². The molecule has 0 aliphatic carbocycles. The smallest absolute Gasteiger partial charge is 0.416 e. The standard InChI is InChI=1S/C19H12F3N3O4S/c1-28-15-6-10(14(25(26)27)8-16(15)29-2)5-11(9-23)18-24-13-7-12(19(20,21)22)3-4-17(13)30-18/h3-8H,1-2H3/b11-5+. The molecule has 0 unspecified atom stereocenters. The third-order valence-corrected chi connectivity index (χ3v) is 5.16. The second kappa shape index (κ2) is 8.00. The molecular formula is C19H12F3N3O4S. The number of hydrogen-bond donors (Lipinski definition) is 0. The van der Waals surface area contributed by atoms with Crippen LogP contribution < -0.4 is 9.47 Å². The minimum absolute atomic E-state index is 0.0416. The van der Waals surface area contributed by atoms with Crippen molar-refractivity contribution < 1.29 is 27.6 Å². The van der Waals surface area contributed by atoms with Gasteiger partial charge in [-0.25, -0.2) is 4.98 Å². The first kappa shape index (κ1) is 21.1. The topological polar surface area (TPSA) is 98.3 Å². The molecule has 11 heteroatoms. The number of aromatic nitrogens is 1. The molecule has 0 radical (unpaired) electrons. The highest BCUT2D eigenvalue weighted by Gasteiger charge is 2.31. The number of fused-ring (bicyclic) bond motifs is 1. The Labute approximate surface area is 171 Å². The van der Waals surface area contributed by atoms with Crippen LogP contribution in [0, 0.1) is 21.4 Å². The Kier molecular flexibility index (Phi) is 5.62. The summed E-state index contributed by atoms with van der Waals surface area (Å²) in [7, 11) is 2.68. The summed E-state index contributed by atoms with van der Waals surface area (Å²) in [6.07, 6.45) is -3.28. The maximum absolute atomic E-state index is 12.9. The van der Waals surface area contributed by atoms with E-state index in [1.807, 2.05) is 6.07 Å². The first-order valence-corrected chi connectivity index (χ1v) is 9.00. The third-order valence-electron chi connectivity index (χ3n) is 4.10. The predicted octanol–water partition coefficient (Wildman–Crippen LogP) is 5.30. The van der Waals surface area contributed by atoms with Gasteiger partial charge in [0.25, 0.3) is 5.69 Å². The van der Waals surface area contributed by atoms with Crippen molar-refractivity contribution in [3.8, 4) is 17.6 Å². The molecule has 0 fully saturated rings. The Balaban J connectivity index is 2.14. The average Bonchev–Trinajstić information content (AvgIpc) is 3.13. The van der Waals surface area contributed by atoms with Gasteiger partial charge in [0.2, 0.25) is 0 Å². The van der Waals surface area contributed by atoms with Crippen LogP contribution in [0.3, 0.4) is 0 Å². The Morgan fingerprint density at radius 2 is 1.90 bits per heavy atom. The molecule has 0 N–H and O–H groups in total. The van der Waals surface area contributed by atoms with Gasteiger partial charge < -0.3 is 9.47 Å². The van der Waals surface area contributed by atoms with Gasteiger partial charge in [-0.05, 0) is 30.3 Å². The molecule has 0 saturated heterocycles. The molecule has 30 heavy (non-hydrogen) atoms. The molecule has 0 aliphatic heterocycles. The van der Waals surface area contributed by atoms with Crippen LogP contribution in [0.5, 0.6) is 11.5 Å². The van der Waals surface area contributed by atoms with E-state index < -0.39 is 16.7 Å². The number of allylic oxidation sites excluding steroid dienone is 1. The lowest BCUT2D eigenvalue weighted by Crippen LogP contribution is -2.03. The summed E-state index contributed by atoms with van der Waals surface area (Å²) in [6.45, 7) is 0. The summed E-state index contributed by atoms with van der Waals surface area (Å²) in [5, 5.41) is 21.1. The van der Waals surface area contributed by atoms with Crippen molar-refractivity contribution in [1.82, 2.24) is 4.98 Å². The summed E-state index contributed by atoms with van der Waals surface area (Å²) < 4.78 is 49.4. The fourth-order valence-corrected chi connectivity index (χ4v) is 3.59. The van der Waals surface area contributed by atoms with E-state index in [1.165, 1.54) is 32.4 Å². The molecule has 0 bridgehead atoms. The van der Waals surface area contributed by atoms with Crippen LogP contribution in [-0.2, 0) is 6.18 Å². The zero-order chi connectivity index (χ0) is 22.1. The molecule has 3 rings (SSSR count). The van der Waals surface area contributed by atoms with E-state index in [2.05, 4.69) is 4.98 Å². The van der Waals surface area contributed by atoms with E-state index in [1.54, 1.807) is 0 Å². The molecule has 0 amide bonds. The zero-order valence-electron chi connectivity index (χ0n) is 15.5. The number of hydrogen-bond acceptors (Lipinski definition) is 7. The molecule has 7 nitrogen and oxygen atoms in total. The molecule has 1 heterocycles. The minimum atomic E-state index is -4.52. The number of methoxy groups -OCH3 is 2. The number of thiazole rings is 1.